The Bertz CT molecular complexity index is 607. The predicted octanol–water partition coefficient (Wildman–Crippen LogP) is 7.49. The van der Waals surface area contributed by atoms with Crippen molar-refractivity contribution in [2.45, 2.75) is 105 Å². The molecule has 0 aliphatic heterocycles. The third-order valence-corrected chi connectivity index (χ3v) is 11.1. The van der Waals surface area contributed by atoms with Gasteiger partial charge in [0.05, 0.1) is 6.10 Å². The summed E-state index contributed by atoms with van der Waals surface area (Å²) in [6.45, 7) is 14.9. The molecule has 1 nitrogen and oxygen atoms in total. The Hall–Kier alpha value is -0.300. The lowest BCUT2D eigenvalue weighted by Gasteiger charge is -2.61. The Morgan fingerprint density at radius 2 is 1.48 bits per heavy atom. The summed E-state index contributed by atoms with van der Waals surface area (Å²) in [5.74, 6) is 6.66. The highest BCUT2D eigenvalue weighted by molar-refractivity contribution is 5.11. The molecule has 0 aromatic heterocycles. The van der Waals surface area contributed by atoms with Crippen LogP contribution in [0.1, 0.15) is 99.3 Å². The van der Waals surface area contributed by atoms with Gasteiger partial charge in [0.15, 0.2) is 0 Å². The predicted molar refractivity (Wildman–Crippen MR) is 124 cm³/mol. The molecule has 4 saturated carbocycles. The van der Waals surface area contributed by atoms with Crippen molar-refractivity contribution in [3.63, 3.8) is 0 Å². The molecular formula is C28H48O. The number of allylic oxidation sites excluding steroid dienone is 2. The first-order valence-electron chi connectivity index (χ1n) is 13.0. The summed E-state index contributed by atoms with van der Waals surface area (Å²) in [6.07, 6.45) is 17.1. The molecule has 1 heteroatoms. The van der Waals surface area contributed by atoms with Crippen molar-refractivity contribution in [3.05, 3.63) is 12.2 Å². The van der Waals surface area contributed by atoms with Crippen molar-refractivity contribution in [1.29, 1.82) is 0 Å². The second kappa shape index (κ2) is 7.99. The Morgan fingerprint density at radius 3 is 2.21 bits per heavy atom. The molecule has 1 unspecified atom stereocenters. The maximum absolute atomic E-state index is 10.3. The highest BCUT2D eigenvalue weighted by Gasteiger charge is 2.60. The third kappa shape index (κ3) is 3.66. The third-order valence-electron chi connectivity index (χ3n) is 11.1. The molecule has 0 aromatic rings. The number of hydrogen-bond donors (Lipinski definition) is 1. The van der Waals surface area contributed by atoms with Gasteiger partial charge in [-0.1, -0.05) is 53.7 Å². The molecule has 1 N–H and O–H groups in total. The second-order valence-corrected chi connectivity index (χ2v) is 12.7. The molecule has 0 amide bonds. The lowest BCUT2D eigenvalue weighted by Crippen LogP contribution is -2.54. The van der Waals surface area contributed by atoms with Crippen LogP contribution in [0.2, 0.25) is 0 Å². The van der Waals surface area contributed by atoms with Gasteiger partial charge >= 0.3 is 0 Å². The number of aliphatic hydroxyl groups is 1. The zero-order valence-corrected chi connectivity index (χ0v) is 20.2. The Kier molecular flexibility index (Phi) is 6.04. The van der Waals surface area contributed by atoms with E-state index in [0.717, 1.165) is 54.3 Å². The molecule has 4 fully saturated rings. The van der Waals surface area contributed by atoms with Crippen LogP contribution < -0.4 is 0 Å². The quantitative estimate of drug-likeness (QED) is 0.485. The van der Waals surface area contributed by atoms with Gasteiger partial charge in [-0.3, -0.25) is 0 Å². The van der Waals surface area contributed by atoms with Crippen LogP contribution in [0.25, 0.3) is 0 Å². The molecule has 0 spiro atoms. The molecule has 0 bridgehead atoms. The van der Waals surface area contributed by atoms with Crippen LogP contribution in [0.15, 0.2) is 12.2 Å². The number of rotatable bonds is 4. The minimum atomic E-state index is -0.0183. The van der Waals surface area contributed by atoms with Crippen molar-refractivity contribution >= 4 is 0 Å². The maximum atomic E-state index is 10.3. The van der Waals surface area contributed by atoms with Crippen LogP contribution in [-0.2, 0) is 0 Å². The van der Waals surface area contributed by atoms with Gasteiger partial charge in [0.25, 0.3) is 0 Å². The Balaban J connectivity index is 1.50. The van der Waals surface area contributed by atoms with Gasteiger partial charge in [0.1, 0.15) is 0 Å². The lowest BCUT2D eigenvalue weighted by molar-refractivity contribution is -0.128. The van der Waals surface area contributed by atoms with E-state index in [0.29, 0.717) is 16.7 Å². The maximum Gasteiger partial charge on any atom is 0.0543 e. The smallest absolute Gasteiger partial charge is 0.0543 e. The molecule has 29 heavy (non-hydrogen) atoms. The Morgan fingerprint density at radius 1 is 0.793 bits per heavy atom. The van der Waals surface area contributed by atoms with E-state index < -0.39 is 0 Å². The molecule has 0 radical (unpaired) electrons. The van der Waals surface area contributed by atoms with Gasteiger partial charge in [0.2, 0.25) is 0 Å². The SMILES string of the molecule is CC(C)[C@@H](C)C=C[C@@H](C)[C@H]1CC[C@H]2[C@@H]3CCC4C[C@@H](O)CC[C@]4(C)[C@H]3CC[C@]12C. The summed E-state index contributed by atoms with van der Waals surface area (Å²) in [5.41, 5.74) is 1.07. The van der Waals surface area contributed by atoms with Gasteiger partial charge in [-0.2, -0.15) is 0 Å². The standard InChI is InChI=1S/C28H48O/c1-18(2)19(3)7-8-20(4)24-11-12-25-23-10-9-21-17-22(29)13-15-27(21,5)26(23)14-16-28(24,25)6/h7-8,18-26,29H,9-17H2,1-6H3/t19-,20+,21?,22-,23-,24+,25-,26-,27-,28+/m0/s1. The molecule has 4 rings (SSSR count). The monoisotopic (exact) mass is 400 g/mol. The first kappa shape index (κ1) is 21.9. The fourth-order valence-electron chi connectivity index (χ4n) is 8.85. The highest BCUT2D eigenvalue weighted by Crippen LogP contribution is 2.68. The van der Waals surface area contributed by atoms with Crippen LogP contribution >= 0.6 is 0 Å². The summed E-state index contributed by atoms with van der Waals surface area (Å²) >= 11 is 0. The van der Waals surface area contributed by atoms with E-state index in [9.17, 15) is 5.11 Å². The van der Waals surface area contributed by atoms with E-state index in [4.69, 9.17) is 0 Å². The molecule has 0 aromatic carbocycles. The van der Waals surface area contributed by atoms with Crippen LogP contribution in [-0.4, -0.2) is 11.2 Å². The molecule has 166 valence electrons. The number of aliphatic hydroxyl groups excluding tert-OH is 1. The minimum Gasteiger partial charge on any atom is -0.393 e. The second-order valence-electron chi connectivity index (χ2n) is 12.7. The zero-order valence-electron chi connectivity index (χ0n) is 20.2. The average Bonchev–Trinajstić information content (AvgIpc) is 3.03. The summed E-state index contributed by atoms with van der Waals surface area (Å²) in [5, 5.41) is 10.3. The summed E-state index contributed by atoms with van der Waals surface area (Å²) in [4.78, 5) is 0. The van der Waals surface area contributed by atoms with Gasteiger partial charge < -0.3 is 5.11 Å². The molecule has 0 heterocycles. The van der Waals surface area contributed by atoms with Crippen molar-refractivity contribution in [2.75, 3.05) is 0 Å². The zero-order chi connectivity index (χ0) is 21.0. The van der Waals surface area contributed by atoms with E-state index in [1.807, 2.05) is 0 Å². The van der Waals surface area contributed by atoms with Gasteiger partial charge in [0, 0.05) is 0 Å². The van der Waals surface area contributed by atoms with Crippen molar-refractivity contribution in [2.24, 2.45) is 58.2 Å². The average molecular weight is 401 g/mol. The molecule has 0 saturated heterocycles. The van der Waals surface area contributed by atoms with Crippen molar-refractivity contribution in [3.8, 4) is 0 Å². The van der Waals surface area contributed by atoms with Crippen LogP contribution in [0.3, 0.4) is 0 Å². The van der Waals surface area contributed by atoms with Crippen LogP contribution in [0.4, 0.5) is 0 Å². The highest BCUT2D eigenvalue weighted by atomic mass is 16.3. The fourth-order valence-corrected chi connectivity index (χ4v) is 8.85. The molecule has 10 atom stereocenters. The fraction of sp³-hybridized carbons (Fsp3) is 0.929. The summed E-state index contributed by atoms with van der Waals surface area (Å²) in [7, 11) is 0. The van der Waals surface area contributed by atoms with Gasteiger partial charge in [-0.15, -0.1) is 0 Å². The lowest BCUT2D eigenvalue weighted by atomic mass is 9.44. The van der Waals surface area contributed by atoms with E-state index in [2.05, 4.69) is 53.7 Å². The van der Waals surface area contributed by atoms with E-state index >= 15 is 0 Å². The molecule has 4 aliphatic rings. The summed E-state index contributed by atoms with van der Waals surface area (Å²) in [6, 6.07) is 0. The Labute approximate surface area is 181 Å². The van der Waals surface area contributed by atoms with Gasteiger partial charge in [-0.05, 0) is 116 Å². The van der Waals surface area contributed by atoms with Crippen molar-refractivity contribution < 1.29 is 5.11 Å². The summed E-state index contributed by atoms with van der Waals surface area (Å²) < 4.78 is 0. The normalized spacial score (nSPS) is 49.5. The molecule has 4 aliphatic carbocycles. The van der Waals surface area contributed by atoms with Crippen LogP contribution in [0.5, 0.6) is 0 Å². The topological polar surface area (TPSA) is 20.2 Å². The molecular weight excluding hydrogens is 352 g/mol. The first-order valence-corrected chi connectivity index (χ1v) is 13.0. The van der Waals surface area contributed by atoms with Gasteiger partial charge in [-0.25, -0.2) is 0 Å². The number of hydrogen-bond acceptors (Lipinski definition) is 1. The van der Waals surface area contributed by atoms with E-state index in [1.165, 1.54) is 44.9 Å². The van der Waals surface area contributed by atoms with Crippen LogP contribution in [0, 0.1) is 58.2 Å². The number of fused-ring (bicyclic) bond motifs is 5. The van der Waals surface area contributed by atoms with E-state index in [-0.39, 0.29) is 6.10 Å². The first-order chi connectivity index (χ1) is 13.7. The van der Waals surface area contributed by atoms with Crippen molar-refractivity contribution in [1.82, 2.24) is 0 Å². The minimum absolute atomic E-state index is 0.0183. The van der Waals surface area contributed by atoms with E-state index in [1.54, 1.807) is 0 Å². The largest absolute Gasteiger partial charge is 0.393 e.